The predicted molar refractivity (Wildman–Crippen MR) is 156 cm³/mol. The molecule has 7 nitrogen and oxygen atoms in total. The number of nitrogens with zero attached hydrogens (tertiary/aromatic N) is 2. The minimum Gasteiger partial charge on any atom is -0.352 e. The summed E-state index contributed by atoms with van der Waals surface area (Å²) in [6.45, 7) is 7.35. The molecule has 0 aliphatic carbocycles. The van der Waals surface area contributed by atoms with E-state index in [0.29, 0.717) is 17.1 Å². The average Bonchev–Trinajstić information content (AvgIpc) is 2.92. The number of rotatable bonds is 12. The van der Waals surface area contributed by atoms with Crippen LogP contribution in [0.5, 0.6) is 0 Å². The van der Waals surface area contributed by atoms with Crippen molar-refractivity contribution in [2.75, 3.05) is 10.8 Å². The number of halogens is 1. The van der Waals surface area contributed by atoms with Gasteiger partial charge in [-0.3, -0.25) is 13.9 Å². The first kappa shape index (κ1) is 30.2. The van der Waals surface area contributed by atoms with Gasteiger partial charge in [0.05, 0.1) is 10.6 Å². The molecule has 0 fully saturated rings. The van der Waals surface area contributed by atoms with Crippen LogP contribution in [-0.4, -0.2) is 43.8 Å². The van der Waals surface area contributed by atoms with Crippen LogP contribution >= 0.6 is 11.6 Å². The van der Waals surface area contributed by atoms with E-state index in [4.69, 9.17) is 11.6 Å². The van der Waals surface area contributed by atoms with Gasteiger partial charge in [0.25, 0.3) is 10.0 Å². The minimum absolute atomic E-state index is 0.0551. The standard InChI is InChI=1S/C30H36ClN3O4S/c1-5-23(4)32-30(36)28(6-2)33(20-24-12-10-11-22(3)19-24)29(35)21-34(26-17-15-25(31)16-18-26)39(37,38)27-13-8-7-9-14-27/h7-19,23,28H,5-6,20-21H2,1-4H3,(H,32,36)/t23-,28+/m1/s1. The largest absolute Gasteiger partial charge is 0.352 e. The molecule has 2 atom stereocenters. The van der Waals surface area contributed by atoms with Crippen molar-refractivity contribution >= 4 is 39.1 Å². The van der Waals surface area contributed by atoms with Crippen LogP contribution in [0, 0.1) is 6.92 Å². The van der Waals surface area contributed by atoms with E-state index in [1.807, 2.05) is 52.0 Å². The number of anilines is 1. The van der Waals surface area contributed by atoms with E-state index in [9.17, 15) is 18.0 Å². The van der Waals surface area contributed by atoms with Crippen LogP contribution in [0.2, 0.25) is 5.02 Å². The van der Waals surface area contributed by atoms with Crippen LogP contribution in [-0.2, 0) is 26.2 Å². The minimum atomic E-state index is -4.11. The molecule has 39 heavy (non-hydrogen) atoms. The number of nitrogens with one attached hydrogen (secondary N) is 1. The third kappa shape index (κ3) is 7.83. The lowest BCUT2D eigenvalue weighted by Gasteiger charge is -2.33. The van der Waals surface area contributed by atoms with E-state index < -0.39 is 28.5 Å². The predicted octanol–water partition coefficient (Wildman–Crippen LogP) is 5.57. The SMILES string of the molecule is CC[C@@H](C)NC(=O)[C@H](CC)N(Cc1cccc(C)c1)C(=O)CN(c1ccc(Cl)cc1)S(=O)(=O)c1ccccc1. The zero-order chi connectivity index (χ0) is 28.6. The second-order valence-corrected chi connectivity index (χ2v) is 11.9. The summed E-state index contributed by atoms with van der Waals surface area (Å²) in [5.41, 5.74) is 2.16. The summed E-state index contributed by atoms with van der Waals surface area (Å²) < 4.78 is 28.6. The number of aryl methyl sites for hydroxylation is 1. The van der Waals surface area contributed by atoms with Gasteiger partial charge >= 0.3 is 0 Å². The molecule has 1 N–H and O–H groups in total. The van der Waals surface area contributed by atoms with Gasteiger partial charge in [-0.25, -0.2) is 8.42 Å². The van der Waals surface area contributed by atoms with Gasteiger partial charge in [-0.2, -0.15) is 0 Å². The average molecular weight is 570 g/mol. The van der Waals surface area contributed by atoms with Gasteiger partial charge in [0.2, 0.25) is 11.8 Å². The fraction of sp³-hybridized carbons (Fsp3) is 0.333. The monoisotopic (exact) mass is 569 g/mol. The first-order valence-corrected chi connectivity index (χ1v) is 14.9. The van der Waals surface area contributed by atoms with Crippen molar-refractivity contribution in [3.05, 3.63) is 95.0 Å². The molecule has 0 bridgehead atoms. The van der Waals surface area contributed by atoms with Crippen LogP contribution in [0.15, 0.2) is 83.8 Å². The Morgan fingerprint density at radius 2 is 1.59 bits per heavy atom. The van der Waals surface area contributed by atoms with Crippen LogP contribution in [0.4, 0.5) is 5.69 Å². The molecule has 0 aliphatic rings. The van der Waals surface area contributed by atoms with E-state index >= 15 is 0 Å². The first-order chi connectivity index (χ1) is 18.6. The van der Waals surface area contributed by atoms with Gasteiger partial charge < -0.3 is 10.2 Å². The smallest absolute Gasteiger partial charge is 0.264 e. The Morgan fingerprint density at radius 3 is 2.18 bits per heavy atom. The molecule has 0 radical (unpaired) electrons. The van der Waals surface area contributed by atoms with Crippen LogP contribution in [0.1, 0.15) is 44.7 Å². The lowest BCUT2D eigenvalue weighted by atomic mass is 10.1. The van der Waals surface area contributed by atoms with Gasteiger partial charge in [0.15, 0.2) is 0 Å². The molecule has 2 amide bonds. The van der Waals surface area contributed by atoms with E-state index in [2.05, 4.69) is 5.32 Å². The maximum Gasteiger partial charge on any atom is 0.264 e. The topological polar surface area (TPSA) is 86.8 Å². The van der Waals surface area contributed by atoms with Crippen LogP contribution in [0.25, 0.3) is 0 Å². The number of hydrogen-bond donors (Lipinski definition) is 1. The number of carbonyl (C=O) groups excluding carboxylic acids is 2. The molecular weight excluding hydrogens is 534 g/mol. The van der Waals surface area contributed by atoms with Crippen molar-refractivity contribution in [1.82, 2.24) is 10.2 Å². The zero-order valence-corrected chi connectivity index (χ0v) is 24.4. The molecule has 0 saturated carbocycles. The van der Waals surface area contributed by atoms with Gasteiger partial charge in [-0.05, 0) is 68.7 Å². The van der Waals surface area contributed by atoms with Gasteiger partial charge in [-0.1, -0.05) is 73.5 Å². The third-order valence-electron chi connectivity index (χ3n) is 6.55. The Labute approximate surface area is 236 Å². The highest BCUT2D eigenvalue weighted by atomic mass is 35.5. The number of carbonyl (C=O) groups is 2. The molecule has 0 unspecified atom stereocenters. The fourth-order valence-electron chi connectivity index (χ4n) is 4.22. The molecule has 0 aromatic heterocycles. The Balaban J connectivity index is 2.04. The fourth-order valence-corrected chi connectivity index (χ4v) is 5.78. The molecule has 3 rings (SSSR count). The highest BCUT2D eigenvalue weighted by molar-refractivity contribution is 7.92. The number of amides is 2. The molecule has 3 aromatic rings. The third-order valence-corrected chi connectivity index (χ3v) is 8.59. The van der Waals surface area contributed by atoms with E-state index in [-0.39, 0.29) is 23.4 Å². The number of sulfonamides is 1. The van der Waals surface area contributed by atoms with Gasteiger partial charge in [0.1, 0.15) is 12.6 Å². The van der Waals surface area contributed by atoms with Gasteiger partial charge in [0, 0.05) is 17.6 Å². The normalized spacial score (nSPS) is 12.8. The van der Waals surface area contributed by atoms with Crippen molar-refractivity contribution in [2.24, 2.45) is 0 Å². The second-order valence-electron chi connectivity index (χ2n) is 9.55. The summed E-state index contributed by atoms with van der Waals surface area (Å²) in [6.07, 6.45) is 1.11. The lowest BCUT2D eigenvalue weighted by Crippen LogP contribution is -2.53. The summed E-state index contributed by atoms with van der Waals surface area (Å²) in [5, 5.41) is 3.42. The Bertz CT molecular complexity index is 1360. The Kier molecular flexibility index (Phi) is 10.5. The zero-order valence-electron chi connectivity index (χ0n) is 22.8. The van der Waals surface area contributed by atoms with Crippen LogP contribution < -0.4 is 9.62 Å². The van der Waals surface area contributed by atoms with E-state index in [1.165, 1.54) is 17.0 Å². The quantitative estimate of drug-likeness (QED) is 0.309. The van der Waals surface area contributed by atoms with Crippen molar-refractivity contribution in [2.45, 2.75) is 64.1 Å². The highest BCUT2D eigenvalue weighted by Crippen LogP contribution is 2.26. The molecule has 0 heterocycles. The van der Waals surface area contributed by atoms with Crippen molar-refractivity contribution in [3.8, 4) is 0 Å². The number of hydrogen-bond acceptors (Lipinski definition) is 4. The summed E-state index contributed by atoms with van der Waals surface area (Å²) in [5.74, 6) is -0.756. The molecule has 9 heteroatoms. The van der Waals surface area contributed by atoms with Crippen molar-refractivity contribution < 1.29 is 18.0 Å². The molecule has 0 saturated heterocycles. The Morgan fingerprint density at radius 1 is 0.923 bits per heavy atom. The number of benzene rings is 3. The first-order valence-electron chi connectivity index (χ1n) is 13.1. The summed E-state index contributed by atoms with van der Waals surface area (Å²) in [7, 11) is -4.11. The molecule has 208 valence electrons. The molecule has 3 aromatic carbocycles. The van der Waals surface area contributed by atoms with Gasteiger partial charge in [-0.15, -0.1) is 0 Å². The molecular formula is C30H36ClN3O4S. The molecule has 0 aliphatic heterocycles. The van der Waals surface area contributed by atoms with Crippen molar-refractivity contribution in [1.29, 1.82) is 0 Å². The maximum absolute atomic E-state index is 14.0. The highest BCUT2D eigenvalue weighted by Gasteiger charge is 2.33. The molecule has 0 spiro atoms. The van der Waals surface area contributed by atoms with Crippen LogP contribution in [0.3, 0.4) is 0 Å². The van der Waals surface area contributed by atoms with Crippen molar-refractivity contribution in [3.63, 3.8) is 0 Å². The summed E-state index contributed by atoms with van der Waals surface area (Å²) in [6, 6.07) is 21.1. The Hall–Kier alpha value is -3.36. The lowest BCUT2D eigenvalue weighted by molar-refractivity contribution is -0.140. The summed E-state index contributed by atoms with van der Waals surface area (Å²) >= 11 is 6.07. The van der Waals surface area contributed by atoms with E-state index in [1.54, 1.807) is 42.5 Å². The van der Waals surface area contributed by atoms with E-state index in [0.717, 1.165) is 21.9 Å². The second kappa shape index (κ2) is 13.6. The maximum atomic E-state index is 14.0. The summed E-state index contributed by atoms with van der Waals surface area (Å²) in [4.78, 5) is 28.9.